The first-order valence-corrected chi connectivity index (χ1v) is 13.6. The normalized spacial score (nSPS) is 22.1. The third-order valence-electron chi connectivity index (χ3n) is 5.84. The monoisotopic (exact) mass is 555 g/mol. The highest BCUT2D eigenvalue weighted by molar-refractivity contribution is 7.96. The number of halogens is 3. The summed E-state index contributed by atoms with van der Waals surface area (Å²) in [7, 11) is -8.59. The molecule has 9 nitrogen and oxygen atoms in total. The van der Waals surface area contributed by atoms with E-state index < -0.39 is 43.7 Å². The molecule has 0 bridgehead atoms. The molecule has 0 spiro atoms. The van der Waals surface area contributed by atoms with Crippen LogP contribution in [0, 0.1) is 0 Å². The van der Waals surface area contributed by atoms with Gasteiger partial charge in [0.15, 0.2) is 5.60 Å². The number of rotatable bonds is 7. The molecule has 0 aromatic heterocycles. The minimum Gasteiger partial charge on any atom is -0.376 e. The Kier molecular flexibility index (Phi) is 7.82. The van der Waals surface area contributed by atoms with Gasteiger partial charge in [-0.25, -0.2) is 8.42 Å². The van der Waals surface area contributed by atoms with Gasteiger partial charge in [0, 0.05) is 43.2 Å². The summed E-state index contributed by atoms with van der Waals surface area (Å²) in [4.78, 5) is 1.84. The Morgan fingerprint density at radius 3 is 2.31 bits per heavy atom. The number of anilines is 1. The van der Waals surface area contributed by atoms with Crippen molar-refractivity contribution in [1.82, 2.24) is 9.03 Å². The smallest absolute Gasteiger partial charge is 0.376 e. The highest BCUT2D eigenvalue weighted by Gasteiger charge is 2.51. The van der Waals surface area contributed by atoms with E-state index in [2.05, 4.69) is 0 Å². The molecule has 0 radical (unpaired) electrons. The van der Waals surface area contributed by atoms with E-state index in [0.717, 1.165) is 16.4 Å². The van der Waals surface area contributed by atoms with Gasteiger partial charge in [-0.05, 0) is 30.7 Å². The number of sulfonamides is 1. The molecule has 1 fully saturated rings. The van der Waals surface area contributed by atoms with Crippen LogP contribution in [0.25, 0.3) is 0 Å². The SMILES string of the molecule is CC(O)(c1ccc(N2CCN(S(=O)(=O)C3=CC=CCC3=S)C[C@H]2CNS(=O)(=O)O)cc1)C(F)(F)F. The molecule has 194 valence electrons. The van der Waals surface area contributed by atoms with Crippen LogP contribution in [-0.4, -0.2) is 74.1 Å². The van der Waals surface area contributed by atoms with Gasteiger partial charge < -0.3 is 10.0 Å². The van der Waals surface area contributed by atoms with Crippen molar-refractivity contribution < 1.29 is 39.7 Å². The second-order valence-corrected chi connectivity index (χ2v) is 11.9. The third kappa shape index (κ3) is 6.10. The largest absolute Gasteiger partial charge is 0.421 e. The van der Waals surface area contributed by atoms with Crippen molar-refractivity contribution in [3.63, 3.8) is 0 Å². The van der Waals surface area contributed by atoms with Crippen molar-refractivity contribution in [2.75, 3.05) is 31.1 Å². The Hall–Kier alpha value is -1.88. The van der Waals surface area contributed by atoms with Crippen molar-refractivity contribution in [2.45, 2.75) is 31.2 Å². The van der Waals surface area contributed by atoms with Crippen molar-refractivity contribution in [1.29, 1.82) is 0 Å². The molecule has 0 saturated carbocycles. The van der Waals surface area contributed by atoms with Crippen molar-refractivity contribution >= 4 is 43.1 Å². The average molecular weight is 556 g/mol. The fourth-order valence-corrected chi connectivity index (χ4v) is 6.27. The molecule has 1 aliphatic heterocycles. The Bertz CT molecular complexity index is 1240. The summed E-state index contributed by atoms with van der Waals surface area (Å²) in [5.74, 6) is 0. The molecule has 3 N–H and O–H groups in total. The summed E-state index contributed by atoms with van der Waals surface area (Å²) < 4.78 is 101. The predicted molar refractivity (Wildman–Crippen MR) is 128 cm³/mol. The van der Waals surface area contributed by atoms with Crippen LogP contribution in [0.2, 0.25) is 0 Å². The van der Waals surface area contributed by atoms with Gasteiger partial charge in [-0.1, -0.05) is 36.5 Å². The van der Waals surface area contributed by atoms with E-state index in [1.807, 2.05) is 4.72 Å². The molecule has 1 aliphatic carbocycles. The molecule has 1 unspecified atom stereocenters. The lowest BCUT2D eigenvalue weighted by atomic mass is 9.95. The van der Waals surface area contributed by atoms with Gasteiger partial charge in [0.05, 0.1) is 10.9 Å². The Balaban J connectivity index is 1.89. The number of piperazine rings is 1. The van der Waals surface area contributed by atoms with Gasteiger partial charge in [0.25, 0.3) is 0 Å². The summed E-state index contributed by atoms with van der Waals surface area (Å²) in [5, 5.41) is 9.88. The maximum absolute atomic E-state index is 13.2. The fraction of sp³-hybridized carbons (Fsp3) is 0.450. The number of alkyl halides is 3. The molecular formula is C20H24F3N3O6S3. The molecule has 1 aromatic rings. The summed E-state index contributed by atoms with van der Waals surface area (Å²) >= 11 is 5.18. The van der Waals surface area contributed by atoms with Gasteiger partial charge >= 0.3 is 16.5 Å². The first-order valence-electron chi connectivity index (χ1n) is 10.3. The lowest BCUT2D eigenvalue weighted by Crippen LogP contribution is -2.58. The summed E-state index contributed by atoms with van der Waals surface area (Å²) in [6, 6.07) is 4.02. The van der Waals surface area contributed by atoms with Gasteiger partial charge in [0.1, 0.15) is 0 Å². The molecule has 35 heavy (non-hydrogen) atoms. The van der Waals surface area contributed by atoms with Gasteiger partial charge in [-0.15, -0.1) is 0 Å². The maximum Gasteiger partial charge on any atom is 0.421 e. The molecule has 15 heteroatoms. The Labute approximate surface area is 206 Å². The molecule has 3 rings (SSSR count). The lowest BCUT2D eigenvalue weighted by Gasteiger charge is -2.42. The van der Waals surface area contributed by atoms with Gasteiger partial charge in [-0.3, -0.25) is 4.55 Å². The minimum atomic E-state index is -4.90. The van der Waals surface area contributed by atoms with E-state index in [1.54, 1.807) is 17.1 Å². The zero-order valence-corrected chi connectivity index (χ0v) is 20.9. The Morgan fingerprint density at radius 2 is 1.77 bits per heavy atom. The molecule has 0 amide bonds. The predicted octanol–water partition coefficient (Wildman–Crippen LogP) is 1.88. The maximum atomic E-state index is 13.2. The third-order valence-corrected chi connectivity index (χ3v) is 8.84. The second-order valence-electron chi connectivity index (χ2n) is 8.24. The number of benzene rings is 1. The van der Waals surface area contributed by atoms with E-state index in [-0.39, 0.29) is 35.9 Å². The van der Waals surface area contributed by atoms with Crippen molar-refractivity contribution in [3.8, 4) is 0 Å². The number of hydrogen-bond acceptors (Lipinski definition) is 7. The van der Waals surface area contributed by atoms with Crippen LogP contribution in [-0.2, 0) is 25.9 Å². The summed E-state index contributed by atoms with van der Waals surface area (Å²) in [5.41, 5.74) is -3.10. The number of aliphatic hydroxyl groups is 1. The number of hydrogen-bond donors (Lipinski definition) is 3. The van der Waals surface area contributed by atoms with Crippen LogP contribution in [0.5, 0.6) is 0 Å². The van der Waals surface area contributed by atoms with Crippen LogP contribution in [0.1, 0.15) is 18.9 Å². The van der Waals surface area contributed by atoms with Crippen LogP contribution < -0.4 is 9.62 Å². The molecule has 1 aromatic carbocycles. The topological polar surface area (TPSA) is 127 Å². The zero-order valence-electron chi connectivity index (χ0n) is 18.4. The molecule has 2 aliphatic rings. The van der Waals surface area contributed by atoms with E-state index in [0.29, 0.717) is 19.0 Å². The van der Waals surface area contributed by atoms with Crippen LogP contribution in [0.3, 0.4) is 0 Å². The van der Waals surface area contributed by atoms with Gasteiger partial charge in [0.2, 0.25) is 10.0 Å². The Morgan fingerprint density at radius 1 is 1.14 bits per heavy atom. The highest BCUT2D eigenvalue weighted by atomic mass is 32.2. The molecule has 1 heterocycles. The van der Waals surface area contributed by atoms with Crippen molar-refractivity contribution in [2.24, 2.45) is 0 Å². The van der Waals surface area contributed by atoms with Gasteiger partial charge in [-0.2, -0.15) is 30.6 Å². The lowest BCUT2D eigenvalue weighted by molar-refractivity contribution is -0.258. The number of allylic oxidation sites excluding steroid dienone is 4. The number of thiocarbonyl (C=S) groups is 1. The first kappa shape index (κ1) is 27.7. The van der Waals surface area contributed by atoms with Crippen LogP contribution in [0.4, 0.5) is 18.9 Å². The van der Waals surface area contributed by atoms with E-state index in [9.17, 15) is 35.1 Å². The van der Waals surface area contributed by atoms with E-state index in [1.165, 1.54) is 18.2 Å². The van der Waals surface area contributed by atoms with Crippen molar-refractivity contribution in [3.05, 3.63) is 53.0 Å². The fourth-order valence-electron chi connectivity index (χ4n) is 3.80. The molecular weight excluding hydrogens is 531 g/mol. The zero-order chi connectivity index (χ0) is 26.2. The first-order chi connectivity index (χ1) is 16.0. The summed E-state index contributed by atoms with van der Waals surface area (Å²) in [6.45, 7) is 0.134. The van der Waals surface area contributed by atoms with E-state index in [4.69, 9.17) is 16.8 Å². The minimum absolute atomic E-state index is 0.00358. The average Bonchev–Trinajstić information content (AvgIpc) is 2.76. The molecule has 2 atom stereocenters. The second kappa shape index (κ2) is 9.88. The summed E-state index contributed by atoms with van der Waals surface area (Å²) in [6.07, 6.45) is 0.0814. The number of nitrogens with one attached hydrogen (secondary N) is 1. The van der Waals surface area contributed by atoms with E-state index >= 15 is 0 Å². The van der Waals surface area contributed by atoms with Crippen LogP contribution in [0.15, 0.2) is 47.4 Å². The standard InChI is InChI=1S/C20H24F3N3O6S3/c1-19(27,20(21,22)23)14-6-8-15(9-7-14)26-11-10-25(13-16(26)12-24-35(30,31)32)34(28,29)18-5-3-2-4-17(18)33/h2-3,5-9,16,24,27H,4,10-13H2,1H3,(H,30,31,32)/t16-,19?/m1/s1. The molecule has 1 saturated heterocycles. The quantitative estimate of drug-likeness (QED) is 0.344. The number of nitrogens with zero attached hydrogens (tertiary/aromatic N) is 2. The van der Waals surface area contributed by atoms with Crippen LogP contribution >= 0.6 is 12.2 Å². The highest BCUT2D eigenvalue weighted by Crippen LogP contribution is 2.39.